The summed E-state index contributed by atoms with van der Waals surface area (Å²) in [6.07, 6.45) is 6.23. The summed E-state index contributed by atoms with van der Waals surface area (Å²) >= 11 is 1.84. The Morgan fingerprint density at radius 3 is 3.00 bits per heavy atom. The number of rotatable bonds is 4. The summed E-state index contributed by atoms with van der Waals surface area (Å²) in [5.74, 6) is 0. The molecule has 0 bridgehead atoms. The van der Waals surface area contributed by atoms with Crippen molar-refractivity contribution in [2.75, 3.05) is 6.54 Å². The Hall–Kier alpha value is -0.380. The molecule has 2 atom stereocenters. The maximum absolute atomic E-state index is 6.08. The van der Waals surface area contributed by atoms with Crippen molar-refractivity contribution in [2.24, 2.45) is 5.73 Å². The largest absolute Gasteiger partial charge is 0.326 e. The molecule has 3 heteroatoms. The van der Waals surface area contributed by atoms with Crippen LogP contribution in [0.5, 0.6) is 0 Å². The van der Waals surface area contributed by atoms with Crippen LogP contribution in [0.25, 0.3) is 0 Å². The van der Waals surface area contributed by atoms with E-state index < -0.39 is 0 Å². The molecule has 0 spiro atoms. The maximum Gasteiger partial charge on any atom is 0.0219 e. The molecular formula is C12H20N2S. The topological polar surface area (TPSA) is 38.0 Å². The average molecular weight is 224 g/mol. The molecule has 1 aliphatic rings. The zero-order chi connectivity index (χ0) is 10.5. The van der Waals surface area contributed by atoms with E-state index >= 15 is 0 Å². The van der Waals surface area contributed by atoms with Crippen LogP contribution in [0.4, 0.5) is 0 Å². The van der Waals surface area contributed by atoms with Crippen molar-refractivity contribution >= 4 is 11.3 Å². The van der Waals surface area contributed by atoms with Gasteiger partial charge in [-0.1, -0.05) is 18.9 Å². The first kappa shape index (κ1) is 11.1. The summed E-state index contributed by atoms with van der Waals surface area (Å²) in [4.78, 5) is 1.46. The van der Waals surface area contributed by atoms with Gasteiger partial charge in [-0.05, 0) is 30.7 Å². The lowest BCUT2D eigenvalue weighted by atomic mass is 9.91. The third-order valence-corrected chi connectivity index (χ3v) is 4.11. The summed E-state index contributed by atoms with van der Waals surface area (Å²) < 4.78 is 0. The predicted octanol–water partition coefficient (Wildman–Crippen LogP) is 2.15. The molecule has 15 heavy (non-hydrogen) atoms. The highest BCUT2D eigenvalue weighted by molar-refractivity contribution is 7.09. The van der Waals surface area contributed by atoms with Gasteiger partial charge in [0.1, 0.15) is 0 Å². The molecular weight excluding hydrogens is 204 g/mol. The molecule has 1 heterocycles. The molecule has 3 N–H and O–H groups in total. The predicted molar refractivity (Wildman–Crippen MR) is 66.3 cm³/mol. The first-order chi connectivity index (χ1) is 7.36. The van der Waals surface area contributed by atoms with Crippen LogP contribution in [-0.2, 0) is 6.42 Å². The Bertz CT molecular complexity index is 271. The van der Waals surface area contributed by atoms with Crippen LogP contribution < -0.4 is 11.1 Å². The first-order valence-corrected chi connectivity index (χ1v) is 6.75. The van der Waals surface area contributed by atoms with Gasteiger partial charge >= 0.3 is 0 Å². The van der Waals surface area contributed by atoms with Gasteiger partial charge in [-0.2, -0.15) is 0 Å². The molecule has 1 saturated carbocycles. The second kappa shape index (κ2) is 5.64. The minimum atomic E-state index is 0.377. The van der Waals surface area contributed by atoms with Crippen molar-refractivity contribution in [3.63, 3.8) is 0 Å². The standard InChI is InChI=1S/C12H20N2S/c13-11-5-1-2-6-12(11)14-8-7-10-4-3-9-15-10/h3-4,9,11-12,14H,1-2,5-8,13H2/t11-,12-/m0/s1. The van der Waals surface area contributed by atoms with E-state index in [2.05, 4.69) is 22.8 Å². The van der Waals surface area contributed by atoms with Crippen molar-refractivity contribution in [3.05, 3.63) is 22.4 Å². The lowest BCUT2D eigenvalue weighted by Crippen LogP contribution is -2.47. The van der Waals surface area contributed by atoms with Crippen LogP contribution in [0.1, 0.15) is 30.6 Å². The molecule has 0 amide bonds. The Labute approximate surface area is 95.9 Å². The van der Waals surface area contributed by atoms with E-state index in [1.165, 1.54) is 30.6 Å². The van der Waals surface area contributed by atoms with Crippen LogP contribution in [0.2, 0.25) is 0 Å². The van der Waals surface area contributed by atoms with Crippen LogP contribution in [0.15, 0.2) is 17.5 Å². The van der Waals surface area contributed by atoms with Gasteiger partial charge in [0.25, 0.3) is 0 Å². The maximum atomic E-state index is 6.08. The van der Waals surface area contributed by atoms with Gasteiger partial charge in [0.05, 0.1) is 0 Å². The third-order valence-electron chi connectivity index (χ3n) is 3.18. The van der Waals surface area contributed by atoms with Crippen LogP contribution in [0, 0.1) is 0 Å². The van der Waals surface area contributed by atoms with Gasteiger partial charge in [-0.3, -0.25) is 0 Å². The Balaban J connectivity index is 1.68. The number of nitrogens with two attached hydrogens (primary N) is 1. The highest BCUT2D eigenvalue weighted by atomic mass is 32.1. The van der Waals surface area contributed by atoms with Gasteiger partial charge in [-0.15, -0.1) is 11.3 Å². The van der Waals surface area contributed by atoms with Gasteiger partial charge in [0.15, 0.2) is 0 Å². The van der Waals surface area contributed by atoms with Crippen molar-refractivity contribution in [1.29, 1.82) is 0 Å². The minimum absolute atomic E-state index is 0.377. The van der Waals surface area contributed by atoms with Crippen molar-refractivity contribution in [1.82, 2.24) is 5.32 Å². The highest BCUT2D eigenvalue weighted by Crippen LogP contribution is 2.17. The number of nitrogens with one attached hydrogen (secondary N) is 1. The fourth-order valence-electron chi connectivity index (χ4n) is 2.25. The number of hydrogen-bond donors (Lipinski definition) is 2. The van der Waals surface area contributed by atoms with E-state index in [1.54, 1.807) is 0 Å². The van der Waals surface area contributed by atoms with Gasteiger partial charge in [0, 0.05) is 23.5 Å². The zero-order valence-corrected chi connectivity index (χ0v) is 9.93. The summed E-state index contributed by atoms with van der Waals surface area (Å²) in [6, 6.07) is 5.25. The quantitative estimate of drug-likeness (QED) is 0.822. The molecule has 0 saturated heterocycles. The second-order valence-electron chi connectivity index (χ2n) is 4.34. The molecule has 1 aliphatic carbocycles. The van der Waals surface area contributed by atoms with E-state index in [1.807, 2.05) is 11.3 Å². The van der Waals surface area contributed by atoms with Gasteiger partial charge < -0.3 is 11.1 Å². The van der Waals surface area contributed by atoms with E-state index in [0.29, 0.717) is 12.1 Å². The van der Waals surface area contributed by atoms with Crippen molar-refractivity contribution in [2.45, 2.75) is 44.2 Å². The van der Waals surface area contributed by atoms with Crippen molar-refractivity contribution < 1.29 is 0 Å². The fourth-order valence-corrected chi connectivity index (χ4v) is 2.96. The molecule has 0 aromatic carbocycles. The van der Waals surface area contributed by atoms with E-state index in [0.717, 1.165) is 13.0 Å². The Morgan fingerprint density at radius 1 is 1.40 bits per heavy atom. The zero-order valence-electron chi connectivity index (χ0n) is 9.11. The molecule has 1 aromatic heterocycles. The SMILES string of the molecule is N[C@H]1CCCC[C@@H]1NCCc1cccs1. The highest BCUT2D eigenvalue weighted by Gasteiger charge is 2.20. The van der Waals surface area contributed by atoms with E-state index in [-0.39, 0.29) is 0 Å². The van der Waals surface area contributed by atoms with Crippen molar-refractivity contribution in [3.8, 4) is 0 Å². The Morgan fingerprint density at radius 2 is 2.27 bits per heavy atom. The smallest absolute Gasteiger partial charge is 0.0219 e. The molecule has 2 nitrogen and oxygen atoms in total. The molecule has 0 unspecified atom stereocenters. The summed E-state index contributed by atoms with van der Waals surface area (Å²) in [7, 11) is 0. The average Bonchev–Trinajstić information content (AvgIpc) is 2.74. The van der Waals surface area contributed by atoms with E-state index in [4.69, 9.17) is 5.73 Å². The van der Waals surface area contributed by atoms with Gasteiger partial charge in [0.2, 0.25) is 0 Å². The minimum Gasteiger partial charge on any atom is -0.326 e. The van der Waals surface area contributed by atoms with E-state index in [9.17, 15) is 0 Å². The molecule has 0 radical (unpaired) electrons. The van der Waals surface area contributed by atoms with Crippen LogP contribution in [0.3, 0.4) is 0 Å². The lowest BCUT2D eigenvalue weighted by Gasteiger charge is -2.29. The monoisotopic (exact) mass is 224 g/mol. The van der Waals surface area contributed by atoms with Crippen LogP contribution in [-0.4, -0.2) is 18.6 Å². The molecule has 84 valence electrons. The third kappa shape index (κ3) is 3.30. The fraction of sp³-hybridized carbons (Fsp3) is 0.667. The molecule has 2 rings (SSSR count). The normalized spacial score (nSPS) is 26.7. The van der Waals surface area contributed by atoms with Gasteiger partial charge in [-0.25, -0.2) is 0 Å². The first-order valence-electron chi connectivity index (χ1n) is 5.87. The molecule has 1 fully saturated rings. The molecule has 0 aliphatic heterocycles. The summed E-state index contributed by atoms with van der Waals surface area (Å²) in [5, 5.41) is 5.73. The van der Waals surface area contributed by atoms with Crippen LogP contribution >= 0.6 is 11.3 Å². The summed E-state index contributed by atoms with van der Waals surface area (Å²) in [6.45, 7) is 1.07. The lowest BCUT2D eigenvalue weighted by molar-refractivity contribution is 0.330. The number of hydrogen-bond acceptors (Lipinski definition) is 3. The molecule has 1 aromatic rings. The second-order valence-corrected chi connectivity index (χ2v) is 5.37. The summed E-state index contributed by atoms with van der Waals surface area (Å²) in [5.41, 5.74) is 6.08. The Kier molecular flexibility index (Phi) is 4.18. The number of thiophene rings is 1.